The lowest BCUT2D eigenvalue weighted by molar-refractivity contribution is 0.0372. The molecule has 24 heavy (non-hydrogen) atoms. The second-order valence-corrected chi connectivity index (χ2v) is 5.47. The van der Waals surface area contributed by atoms with E-state index in [2.05, 4.69) is 26.8 Å². The maximum Gasteiger partial charge on any atom is 0.175 e. The van der Waals surface area contributed by atoms with Crippen molar-refractivity contribution in [3.05, 3.63) is 36.2 Å². The normalized spacial score (nSPS) is 17.7. The number of anilines is 1. The van der Waals surface area contributed by atoms with Crippen LogP contribution in [-0.2, 0) is 4.74 Å². The maximum absolute atomic E-state index is 9.50. The Bertz CT molecular complexity index is 874. The first-order chi connectivity index (χ1) is 11.8. The highest BCUT2D eigenvalue weighted by Gasteiger charge is 2.18. The average Bonchev–Trinajstić information content (AvgIpc) is 3.27. The van der Waals surface area contributed by atoms with Gasteiger partial charge in [0.25, 0.3) is 0 Å². The number of nitriles is 1. The lowest BCUT2D eigenvalue weighted by Crippen LogP contribution is -2.42. The van der Waals surface area contributed by atoms with Gasteiger partial charge in [0.05, 0.1) is 19.0 Å². The van der Waals surface area contributed by atoms with Crippen molar-refractivity contribution in [2.24, 2.45) is 0 Å². The molecule has 0 unspecified atom stereocenters. The Balaban J connectivity index is 1.61. The molecule has 0 spiro atoms. The van der Waals surface area contributed by atoms with E-state index in [-0.39, 0.29) is 6.10 Å². The minimum Gasteiger partial charge on any atom is -0.463 e. The van der Waals surface area contributed by atoms with Crippen molar-refractivity contribution in [1.82, 2.24) is 19.9 Å². The Morgan fingerprint density at radius 3 is 3.17 bits per heavy atom. The van der Waals surface area contributed by atoms with E-state index in [9.17, 15) is 5.26 Å². The Hall–Kier alpha value is -2.89. The molecule has 0 radical (unpaired) electrons. The molecule has 1 aliphatic rings. The fourth-order valence-corrected chi connectivity index (χ4v) is 2.69. The van der Waals surface area contributed by atoms with E-state index in [4.69, 9.17) is 9.15 Å². The molecule has 1 aliphatic heterocycles. The van der Waals surface area contributed by atoms with Gasteiger partial charge >= 0.3 is 0 Å². The molecule has 0 aliphatic carbocycles. The number of rotatable bonds is 4. The first-order valence-electron chi connectivity index (χ1n) is 7.74. The Morgan fingerprint density at radius 2 is 2.42 bits per heavy atom. The molecule has 2 N–H and O–H groups in total. The third-order valence-corrected chi connectivity index (χ3v) is 3.87. The van der Waals surface area contributed by atoms with Gasteiger partial charge in [0.2, 0.25) is 0 Å². The van der Waals surface area contributed by atoms with E-state index in [1.807, 2.05) is 6.07 Å². The summed E-state index contributed by atoms with van der Waals surface area (Å²) in [7, 11) is 0. The van der Waals surface area contributed by atoms with Crippen LogP contribution in [0.1, 0.15) is 5.56 Å². The molecule has 4 rings (SSSR count). The summed E-state index contributed by atoms with van der Waals surface area (Å²) in [6, 6.07) is 7.53. The average molecular weight is 324 g/mol. The summed E-state index contributed by atoms with van der Waals surface area (Å²) in [6.45, 7) is 3.06. The molecule has 122 valence electrons. The summed E-state index contributed by atoms with van der Waals surface area (Å²) in [6.07, 6.45) is 3.44. The maximum atomic E-state index is 9.50. The van der Waals surface area contributed by atoms with Crippen LogP contribution >= 0.6 is 0 Å². The zero-order valence-corrected chi connectivity index (χ0v) is 12.9. The van der Waals surface area contributed by atoms with Crippen molar-refractivity contribution in [1.29, 1.82) is 5.26 Å². The lowest BCUT2D eigenvalue weighted by Gasteiger charge is -2.23. The highest BCUT2D eigenvalue weighted by atomic mass is 16.5. The summed E-state index contributed by atoms with van der Waals surface area (Å²) in [5.74, 6) is 1.23. The summed E-state index contributed by atoms with van der Waals surface area (Å²) < 4.78 is 12.6. The topological polar surface area (TPSA) is 100 Å². The van der Waals surface area contributed by atoms with Crippen molar-refractivity contribution < 1.29 is 9.15 Å². The Kier molecular flexibility index (Phi) is 3.86. The first kappa shape index (κ1) is 14.7. The summed E-state index contributed by atoms with van der Waals surface area (Å²) in [5.41, 5.74) is 1.38. The van der Waals surface area contributed by atoms with Gasteiger partial charge in [-0.25, -0.2) is 9.50 Å². The third-order valence-electron chi connectivity index (χ3n) is 3.87. The number of nitrogens with one attached hydrogen (secondary N) is 2. The molecule has 8 heteroatoms. The fraction of sp³-hybridized carbons (Fsp3) is 0.312. The molecule has 0 amide bonds. The van der Waals surface area contributed by atoms with Crippen molar-refractivity contribution >= 4 is 11.5 Å². The van der Waals surface area contributed by atoms with Crippen LogP contribution in [0.4, 0.5) is 5.82 Å². The molecular weight excluding hydrogens is 308 g/mol. The fourth-order valence-electron chi connectivity index (χ4n) is 2.69. The van der Waals surface area contributed by atoms with E-state index in [1.54, 1.807) is 29.1 Å². The second kappa shape index (κ2) is 6.31. The summed E-state index contributed by atoms with van der Waals surface area (Å²) in [5, 5.41) is 20.4. The highest BCUT2D eigenvalue weighted by molar-refractivity contribution is 5.72. The molecule has 1 fully saturated rings. The van der Waals surface area contributed by atoms with E-state index in [0.717, 1.165) is 13.1 Å². The van der Waals surface area contributed by atoms with Gasteiger partial charge in [0.1, 0.15) is 23.1 Å². The number of morpholine rings is 1. The minimum absolute atomic E-state index is 0.107. The molecule has 3 aromatic heterocycles. The monoisotopic (exact) mass is 324 g/mol. The van der Waals surface area contributed by atoms with E-state index < -0.39 is 0 Å². The molecule has 0 bridgehead atoms. The number of hydrogen-bond acceptors (Lipinski definition) is 7. The summed E-state index contributed by atoms with van der Waals surface area (Å²) in [4.78, 5) is 4.51. The number of aromatic nitrogens is 3. The standard InChI is InChI=1S/C16H16N6O2/c17-8-12-15(13-2-1-6-24-13)21-22-5-3-14(20-16(12)22)19-10-11-9-18-4-7-23-11/h1-3,5-6,11,18H,4,7,9-10H2,(H,19,20)/t11-/m0/s1. The summed E-state index contributed by atoms with van der Waals surface area (Å²) >= 11 is 0. The predicted molar refractivity (Wildman–Crippen MR) is 86.5 cm³/mol. The Morgan fingerprint density at radius 1 is 1.46 bits per heavy atom. The first-order valence-corrected chi connectivity index (χ1v) is 7.74. The number of hydrogen-bond donors (Lipinski definition) is 2. The molecule has 1 atom stereocenters. The van der Waals surface area contributed by atoms with Crippen molar-refractivity contribution in [2.75, 3.05) is 31.6 Å². The zero-order valence-electron chi connectivity index (χ0n) is 12.9. The molecule has 1 saturated heterocycles. The quantitative estimate of drug-likeness (QED) is 0.745. The van der Waals surface area contributed by atoms with Crippen molar-refractivity contribution in [3.63, 3.8) is 0 Å². The minimum atomic E-state index is 0.107. The molecule has 4 heterocycles. The van der Waals surface area contributed by atoms with Crippen LogP contribution in [0.15, 0.2) is 35.1 Å². The second-order valence-electron chi connectivity index (χ2n) is 5.47. The SMILES string of the molecule is N#Cc1c(-c2ccco2)nn2ccc(NC[C@@H]3CNCCO3)nc12. The molecule has 0 saturated carbocycles. The van der Waals surface area contributed by atoms with Crippen LogP contribution in [0.25, 0.3) is 17.1 Å². The van der Waals surface area contributed by atoms with Crippen LogP contribution in [0, 0.1) is 11.3 Å². The van der Waals surface area contributed by atoms with Gasteiger partial charge < -0.3 is 19.8 Å². The number of furan rings is 1. The van der Waals surface area contributed by atoms with Crippen LogP contribution in [0.2, 0.25) is 0 Å². The van der Waals surface area contributed by atoms with E-state index in [0.29, 0.717) is 41.6 Å². The smallest absolute Gasteiger partial charge is 0.175 e. The van der Waals surface area contributed by atoms with Gasteiger partial charge in [-0.15, -0.1) is 0 Å². The number of fused-ring (bicyclic) bond motifs is 1. The van der Waals surface area contributed by atoms with Crippen molar-refractivity contribution in [2.45, 2.75) is 6.10 Å². The van der Waals surface area contributed by atoms with Gasteiger partial charge in [-0.2, -0.15) is 10.4 Å². The third kappa shape index (κ3) is 2.71. The molecule has 3 aromatic rings. The molecule has 0 aromatic carbocycles. The van der Waals surface area contributed by atoms with Gasteiger partial charge in [-0.05, 0) is 18.2 Å². The highest BCUT2D eigenvalue weighted by Crippen LogP contribution is 2.25. The van der Waals surface area contributed by atoms with Gasteiger partial charge in [-0.1, -0.05) is 0 Å². The Labute approximate surface area is 138 Å². The van der Waals surface area contributed by atoms with Gasteiger partial charge in [0, 0.05) is 25.8 Å². The predicted octanol–water partition coefficient (Wildman–Crippen LogP) is 1.26. The lowest BCUT2D eigenvalue weighted by atomic mass is 10.2. The van der Waals surface area contributed by atoms with Gasteiger partial charge in [0.15, 0.2) is 11.4 Å². The van der Waals surface area contributed by atoms with Crippen LogP contribution in [-0.4, -0.2) is 46.9 Å². The van der Waals surface area contributed by atoms with Crippen LogP contribution < -0.4 is 10.6 Å². The number of nitrogens with zero attached hydrogens (tertiary/aromatic N) is 4. The zero-order chi connectivity index (χ0) is 16.4. The van der Waals surface area contributed by atoms with Crippen molar-refractivity contribution in [3.8, 4) is 17.5 Å². The molecular formula is C16H16N6O2. The molecule has 8 nitrogen and oxygen atoms in total. The van der Waals surface area contributed by atoms with Crippen LogP contribution in [0.5, 0.6) is 0 Å². The van der Waals surface area contributed by atoms with Crippen LogP contribution in [0.3, 0.4) is 0 Å². The largest absolute Gasteiger partial charge is 0.463 e. The van der Waals surface area contributed by atoms with E-state index >= 15 is 0 Å². The van der Waals surface area contributed by atoms with Gasteiger partial charge in [-0.3, -0.25) is 0 Å². The van der Waals surface area contributed by atoms with E-state index in [1.165, 1.54) is 0 Å². The number of ether oxygens (including phenoxy) is 1.